The fraction of sp³-hybridized carbons (Fsp3) is 0.467. The highest BCUT2D eigenvalue weighted by Gasteiger charge is 2.32. The van der Waals surface area contributed by atoms with Gasteiger partial charge in [0.25, 0.3) is 0 Å². The quantitative estimate of drug-likeness (QED) is 0.797. The van der Waals surface area contributed by atoms with Gasteiger partial charge in [0.05, 0.1) is 6.61 Å². The van der Waals surface area contributed by atoms with E-state index >= 15 is 0 Å². The van der Waals surface area contributed by atoms with Gasteiger partial charge in [0.1, 0.15) is 6.04 Å². The molecular formula is C15H19NO4. The standard InChI is InChI=1S/C15H19NO4/c1-2-12(16-10-11-6-4-3-5-7-11)14(17)20-13-8-9-19-15(13)18/h3-7,12-13,16H,2,8-10H2,1H3/t12?,13-/m1/s1. The Hall–Kier alpha value is -1.88. The van der Waals surface area contributed by atoms with Gasteiger partial charge >= 0.3 is 11.9 Å². The second kappa shape index (κ2) is 7.05. The smallest absolute Gasteiger partial charge is 0.347 e. The van der Waals surface area contributed by atoms with Crippen molar-refractivity contribution in [2.75, 3.05) is 6.61 Å². The predicted molar refractivity (Wildman–Crippen MR) is 72.8 cm³/mol. The average Bonchev–Trinajstić information content (AvgIpc) is 2.86. The van der Waals surface area contributed by atoms with Gasteiger partial charge in [-0.25, -0.2) is 4.79 Å². The molecule has 1 aliphatic rings. The van der Waals surface area contributed by atoms with Crippen LogP contribution in [0.3, 0.4) is 0 Å². The maximum atomic E-state index is 12.0. The van der Waals surface area contributed by atoms with Crippen LogP contribution in [0.5, 0.6) is 0 Å². The van der Waals surface area contributed by atoms with Crippen molar-refractivity contribution in [3.05, 3.63) is 35.9 Å². The van der Waals surface area contributed by atoms with E-state index in [1.807, 2.05) is 37.3 Å². The van der Waals surface area contributed by atoms with Crippen molar-refractivity contribution < 1.29 is 19.1 Å². The number of nitrogens with one attached hydrogen (secondary N) is 1. The van der Waals surface area contributed by atoms with Crippen molar-refractivity contribution in [2.24, 2.45) is 0 Å². The summed E-state index contributed by atoms with van der Waals surface area (Å²) in [6.07, 6.45) is 0.308. The zero-order valence-corrected chi connectivity index (χ0v) is 11.5. The highest BCUT2D eigenvalue weighted by atomic mass is 16.6. The number of hydrogen-bond donors (Lipinski definition) is 1. The predicted octanol–water partition coefficient (Wildman–Crippen LogP) is 1.41. The number of carbonyl (C=O) groups excluding carboxylic acids is 2. The van der Waals surface area contributed by atoms with Crippen LogP contribution in [0, 0.1) is 0 Å². The molecule has 1 aromatic rings. The summed E-state index contributed by atoms with van der Waals surface area (Å²) in [7, 11) is 0. The average molecular weight is 277 g/mol. The van der Waals surface area contributed by atoms with Crippen LogP contribution in [0.4, 0.5) is 0 Å². The van der Waals surface area contributed by atoms with Crippen LogP contribution in [0.2, 0.25) is 0 Å². The Kier molecular flexibility index (Phi) is 5.12. The number of carbonyl (C=O) groups is 2. The summed E-state index contributed by atoms with van der Waals surface area (Å²) < 4.78 is 9.96. The van der Waals surface area contributed by atoms with Gasteiger partial charge in [0.2, 0.25) is 6.10 Å². The molecule has 1 N–H and O–H groups in total. The third-order valence-corrected chi connectivity index (χ3v) is 3.23. The topological polar surface area (TPSA) is 64.6 Å². The molecule has 0 amide bonds. The Morgan fingerprint density at radius 1 is 1.45 bits per heavy atom. The van der Waals surface area contributed by atoms with Crippen molar-refractivity contribution in [1.82, 2.24) is 5.32 Å². The molecule has 5 nitrogen and oxygen atoms in total. The van der Waals surface area contributed by atoms with Crippen molar-refractivity contribution in [1.29, 1.82) is 0 Å². The molecule has 1 heterocycles. The number of benzene rings is 1. The van der Waals surface area contributed by atoms with Gasteiger partial charge in [-0.05, 0) is 12.0 Å². The van der Waals surface area contributed by atoms with Gasteiger partial charge in [0.15, 0.2) is 0 Å². The number of ether oxygens (including phenoxy) is 2. The first kappa shape index (κ1) is 14.5. The number of hydrogen-bond acceptors (Lipinski definition) is 5. The lowest BCUT2D eigenvalue weighted by atomic mass is 10.2. The third kappa shape index (κ3) is 3.81. The summed E-state index contributed by atoms with van der Waals surface area (Å²) in [5.74, 6) is -0.844. The lowest BCUT2D eigenvalue weighted by Crippen LogP contribution is -2.39. The van der Waals surface area contributed by atoms with Gasteiger partial charge in [-0.2, -0.15) is 0 Å². The van der Waals surface area contributed by atoms with Gasteiger partial charge in [-0.15, -0.1) is 0 Å². The molecule has 1 aliphatic heterocycles. The molecule has 1 fully saturated rings. The normalized spacial score (nSPS) is 19.4. The van der Waals surface area contributed by atoms with Crippen LogP contribution in [-0.4, -0.2) is 30.7 Å². The van der Waals surface area contributed by atoms with E-state index in [0.717, 1.165) is 5.56 Å². The lowest BCUT2D eigenvalue weighted by molar-refractivity contribution is -0.161. The first-order chi connectivity index (χ1) is 9.70. The van der Waals surface area contributed by atoms with Gasteiger partial charge < -0.3 is 14.8 Å². The first-order valence-electron chi connectivity index (χ1n) is 6.85. The molecule has 0 aliphatic carbocycles. The van der Waals surface area contributed by atoms with Crippen molar-refractivity contribution >= 4 is 11.9 Å². The molecule has 1 aromatic carbocycles. The van der Waals surface area contributed by atoms with E-state index in [0.29, 0.717) is 26.0 Å². The maximum Gasteiger partial charge on any atom is 0.347 e. The Bertz CT molecular complexity index is 460. The molecule has 2 rings (SSSR count). The third-order valence-electron chi connectivity index (χ3n) is 3.23. The summed E-state index contributed by atoms with van der Waals surface area (Å²) >= 11 is 0. The summed E-state index contributed by atoms with van der Waals surface area (Å²) in [5.41, 5.74) is 1.10. The zero-order chi connectivity index (χ0) is 14.4. The van der Waals surface area contributed by atoms with E-state index in [-0.39, 0.29) is 0 Å². The van der Waals surface area contributed by atoms with Crippen molar-refractivity contribution in [3.63, 3.8) is 0 Å². The van der Waals surface area contributed by atoms with Crippen LogP contribution in [0.25, 0.3) is 0 Å². The van der Waals surface area contributed by atoms with E-state index in [1.165, 1.54) is 0 Å². The van der Waals surface area contributed by atoms with Gasteiger partial charge in [-0.1, -0.05) is 37.3 Å². The van der Waals surface area contributed by atoms with Gasteiger partial charge in [0, 0.05) is 13.0 Å². The molecule has 1 unspecified atom stereocenters. The van der Waals surface area contributed by atoms with Gasteiger partial charge in [-0.3, -0.25) is 4.79 Å². The highest BCUT2D eigenvalue weighted by molar-refractivity contribution is 5.82. The molecule has 0 saturated carbocycles. The zero-order valence-electron chi connectivity index (χ0n) is 11.5. The minimum Gasteiger partial charge on any atom is -0.463 e. The molecule has 2 atom stereocenters. The Labute approximate surface area is 118 Å². The van der Waals surface area contributed by atoms with E-state index < -0.39 is 24.1 Å². The van der Waals surface area contributed by atoms with Crippen LogP contribution in [-0.2, 0) is 25.6 Å². The van der Waals surface area contributed by atoms with E-state index in [1.54, 1.807) is 0 Å². The SMILES string of the molecule is CCC(NCc1ccccc1)C(=O)O[C@@H]1CCOC1=O. The summed E-state index contributed by atoms with van der Waals surface area (Å²) in [5, 5.41) is 3.15. The molecule has 1 saturated heterocycles. The number of rotatable bonds is 6. The van der Waals surface area contributed by atoms with Crippen molar-refractivity contribution in [3.8, 4) is 0 Å². The van der Waals surface area contributed by atoms with Crippen molar-refractivity contribution in [2.45, 2.75) is 38.5 Å². The minimum atomic E-state index is -0.741. The Morgan fingerprint density at radius 3 is 2.80 bits per heavy atom. The second-order valence-electron chi connectivity index (χ2n) is 4.71. The summed E-state index contributed by atoms with van der Waals surface area (Å²) in [6.45, 7) is 2.81. The molecule has 0 bridgehead atoms. The molecule has 5 heteroatoms. The number of cyclic esters (lactones) is 1. The molecule has 0 spiro atoms. The highest BCUT2D eigenvalue weighted by Crippen LogP contribution is 2.12. The fourth-order valence-corrected chi connectivity index (χ4v) is 2.04. The second-order valence-corrected chi connectivity index (χ2v) is 4.71. The van der Waals surface area contributed by atoms with E-state index in [4.69, 9.17) is 9.47 Å². The van der Waals surface area contributed by atoms with Crippen LogP contribution in [0.1, 0.15) is 25.3 Å². The fourth-order valence-electron chi connectivity index (χ4n) is 2.04. The van der Waals surface area contributed by atoms with Crippen LogP contribution in [0.15, 0.2) is 30.3 Å². The minimum absolute atomic E-state index is 0.324. The largest absolute Gasteiger partial charge is 0.463 e. The Balaban J connectivity index is 1.84. The molecule has 0 aromatic heterocycles. The summed E-state index contributed by atoms with van der Waals surface area (Å²) in [4.78, 5) is 23.3. The lowest BCUT2D eigenvalue weighted by Gasteiger charge is -2.17. The summed E-state index contributed by atoms with van der Waals surface area (Å²) in [6, 6.07) is 9.40. The molecule has 108 valence electrons. The Morgan fingerprint density at radius 2 is 2.20 bits per heavy atom. The maximum absolute atomic E-state index is 12.0. The monoisotopic (exact) mass is 277 g/mol. The molecular weight excluding hydrogens is 258 g/mol. The number of esters is 2. The van der Waals surface area contributed by atoms with Crippen LogP contribution < -0.4 is 5.32 Å². The van der Waals surface area contributed by atoms with Crippen LogP contribution >= 0.6 is 0 Å². The molecule has 20 heavy (non-hydrogen) atoms. The molecule has 0 radical (unpaired) electrons. The van der Waals surface area contributed by atoms with E-state index in [9.17, 15) is 9.59 Å². The first-order valence-corrected chi connectivity index (χ1v) is 6.85. The van der Waals surface area contributed by atoms with E-state index in [2.05, 4.69) is 5.32 Å².